The number of thioether (sulfide) groups is 1. The summed E-state index contributed by atoms with van der Waals surface area (Å²) in [6, 6.07) is 8.64. The van der Waals surface area contributed by atoms with E-state index in [9.17, 15) is 0 Å². The highest BCUT2D eigenvalue weighted by atomic mass is 35.5. The third-order valence-corrected chi connectivity index (χ3v) is 5.22. The molecule has 0 saturated carbocycles. The first-order valence-corrected chi connectivity index (χ1v) is 11.5. The van der Waals surface area contributed by atoms with Gasteiger partial charge in [0.1, 0.15) is 0 Å². The van der Waals surface area contributed by atoms with E-state index in [1.54, 1.807) is 14.2 Å². The van der Waals surface area contributed by atoms with Crippen LogP contribution >= 0.6 is 23.4 Å². The standard InChI is InChI=1S/C14H14S.C9H11Cl.C2H6O.C2H6/c1-12-8-10-14(11-9-12)15-13-6-4-2-3-5-7-13;1-7-4-3-5-8(2)9(10)6-7;1-3-2;1-2/h2,4-11H,3H2,1H3;3-4,6H,5H2,1-2H3;1-2H3;1-2H3. The summed E-state index contributed by atoms with van der Waals surface area (Å²) in [5.74, 6) is 0. The van der Waals surface area contributed by atoms with Gasteiger partial charge in [0.25, 0.3) is 0 Å². The number of hydrogen-bond donors (Lipinski definition) is 0. The second-order valence-corrected chi connectivity index (χ2v) is 8.14. The Bertz CT molecular complexity index is 778. The van der Waals surface area contributed by atoms with Crippen LogP contribution in [0.15, 0.2) is 98.9 Å². The van der Waals surface area contributed by atoms with Crippen molar-refractivity contribution >= 4 is 23.4 Å². The normalized spacial score (nSPS) is 14.5. The van der Waals surface area contributed by atoms with Gasteiger partial charge in [-0.2, -0.15) is 0 Å². The summed E-state index contributed by atoms with van der Waals surface area (Å²) >= 11 is 7.74. The lowest BCUT2D eigenvalue weighted by molar-refractivity contribution is 0.277. The maximum atomic E-state index is 5.93. The van der Waals surface area contributed by atoms with Crippen LogP contribution in [-0.2, 0) is 4.74 Å². The summed E-state index contributed by atoms with van der Waals surface area (Å²) in [4.78, 5) is 2.60. The van der Waals surface area contributed by atoms with E-state index >= 15 is 0 Å². The molecule has 0 saturated heterocycles. The molecule has 0 amide bonds. The molecule has 3 heteroatoms. The van der Waals surface area contributed by atoms with Gasteiger partial charge in [0, 0.05) is 29.1 Å². The molecule has 0 N–H and O–H groups in total. The van der Waals surface area contributed by atoms with Crippen LogP contribution in [0.4, 0.5) is 0 Å². The van der Waals surface area contributed by atoms with E-state index in [2.05, 4.69) is 92.3 Å². The molecule has 1 aromatic rings. The largest absolute Gasteiger partial charge is 0.388 e. The number of allylic oxidation sites excluding steroid dienone is 11. The van der Waals surface area contributed by atoms with Crippen LogP contribution < -0.4 is 0 Å². The van der Waals surface area contributed by atoms with Crippen LogP contribution in [0, 0.1) is 6.92 Å². The summed E-state index contributed by atoms with van der Waals surface area (Å²) in [5, 5.41) is 0.891. The number of hydrogen-bond acceptors (Lipinski definition) is 2. The number of ether oxygens (including phenoxy) is 1. The predicted molar refractivity (Wildman–Crippen MR) is 138 cm³/mol. The molecule has 2 aliphatic rings. The fourth-order valence-electron chi connectivity index (χ4n) is 2.26. The molecule has 0 aliphatic heterocycles. The molecule has 2 aliphatic carbocycles. The zero-order valence-corrected chi connectivity index (χ0v) is 21.1. The third-order valence-electron chi connectivity index (χ3n) is 3.77. The molecule has 30 heavy (non-hydrogen) atoms. The molecule has 0 heterocycles. The molecule has 0 spiro atoms. The maximum Gasteiger partial charge on any atom is 0.0400 e. The highest BCUT2D eigenvalue weighted by molar-refractivity contribution is 8.03. The molecule has 0 fully saturated rings. The second kappa shape index (κ2) is 18.1. The van der Waals surface area contributed by atoms with Crippen LogP contribution in [0.5, 0.6) is 0 Å². The lowest BCUT2D eigenvalue weighted by atomic mass is 10.2. The fraction of sp³-hybridized carbons (Fsp3) is 0.333. The summed E-state index contributed by atoms with van der Waals surface area (Å²) in [6.45, 7) is 10.2. The Hall–Kier alpha value is -1.74. The zero-order valence-electron chi connectivity index (χ0n) is 19.5. The molecule has 1 nitrogen and oxygen atoms in total. The monoisotopic (exact) mass is 444 g/mol. The van der Waals surface area contributed by atoms with E-state index in [0.29, 0.717) is 0 Å². The van der Waals surface area contributed by atoms with Crippen molar-refractivity contribution in [3.05, 3.63) is 99.5 Å². The Morgan fingerprint density at radius 3 is 2.17 bits per heavy atom. The lowest BCUT2D eigenvalue weighted by Crippen LogP contribution is -1.74. The van der Waals surface area contributed by atoms with Gasteiger partial charge in [-0.3, -0.25) is 0 Å². The van der Waals surface area contributed by atoms with E-state index in [1.165, 1.54) is 26.5 Å². The molecule has 164 valence electrons. The van der Waals surface area contributed by atoms with Gasteiger partial charge >= 0.3 is 0 Å². The Kier molecular flexibility index (Phi) is 17.0. The third kappa shape index (κ3) is 13.5. The first kappa shape index (κ1) is 28.3. The zero-order chi connectivity index (χ0) is 22.8. The van der Waals surface area contributed by atoms with Crippen molar-refractivity contribution in [1.29, 1.82) is 0 Å². The van der Waals surface area contributed by atoms with Crippen molar-refractivity contribution in [2.75, 3.05) is 14.2 Å². The predicted octanol–water partition coefficient (Wildman–Crippen LogP) is 9.18. The van der Waals surface area contributed by atoms with Crippen LogP contribution in [-0.4, -0.2) is 14.2 Å². The quantitative estimate of drug-likeness (QED) is 0.449. The minimum absolute atomic E-state index is 0.891. The van der Waals surface area contributed by atoms with Crippen LogP contribution in [0.25, 0.3) is 0 Å². The average molecular weight is 445 g/mol. The topological polar surface area (TPSA) is 9.23 Å². The number of methoxy groups -OCH3 is 1. The molecule has 0 bridgehead atoms. The van der Waals surface area contributed by atoms with Gasteiger partial charge in [-0.25, -0.2) is 0 Å². The van der Waals surface area contributed by atoms with Crippen molar-refractivity contribution < 1.29 is 4.74 Å². The van der Waals surface area contributed by atoms with Crippen molar-refractivity contribution in [2.45, 2.75) is 52.4 Å². The van der Waals surface area contributed by atoms with Crippen LogP contribution in [0.2, 0.25) is 0 Å². The van der Waals surface area contributed by atoms with E-state index in [4.69, 9.17) is 11.6 Å². The molecule has 0 unspecified atom stereocenters. The van der Waals surface area contributed by atoms with Crippen LogP contribution in [0.1, 0.15) is 46.1 Å². The summed E-state index contributed by atoms with van der Waals surface area (Å²) in [7, 11) is 3.25. The van der Waals surface area contributed by atoms with Gasteiger partial charge in [0.2, 0.25) is 0 Å². The molecule has 0 atom stereocenters. The van der Waals surface area contributed by atoms with Crippen molar-refractivity contribution in [3.63, 3.8) is 0 Å². The highest BCUT2D eigenvalue weighted by Crippen LogP contribution is 2.28. The van der Waals surface area contributed by atoms with Crippen molar-refractivity contribution in [1.82, 2.24) is 0 Å². The van der Waals surface area contributed by atoms with Gasteiger partial charge in [0.05, 0.1) is 0 Å². The van der Waals surface area contributed by atoms with Crippen molar-refractivity contribution in [2.24, 2.45) is 0 Å². The summed E-state index contributed by atoms with van der Waals surface area (Å²) in [5.41, 5.74) is 3.78. The summed E-state index contributed by atoms with van der Waals surface area (Å²) < 4.78 is 4.25. The van der Waals surface area contributed by atoms with E-state index in [1.807, 2.05) is 31.7 Å². The highest BCUT2D eigenvalue weighted by Gasteiger charge is 1.98. The average Bonchev–Trinajstić information content (AvgIpc) is 3.07. The Labute approximate surface area is 194 Å². The SMILES string of the molecule is CC.CC1=CC(Cl)=C(C)CC=C1.COC.Cc1ccc(SC2=CC=CCC=C2)cc1. The molecule has 0 aromatic heterocycles. The number of benzene rings is 1. The van der Waals surface area contributed by atoms with Gasteiger partial charge < -0.3 is 4.74 Å². The van der Waals surface area contributed by atoms with E-state index < -0.39 is 0 Å². The first-order valence-electron chi connectivity index (χ1n) is 10.3. The Morgan fingerprint density at radius 1 is 0.900 bits per heavy atom. The molecule has 3 rings (SSSR count). The lowest BCUT2D eigenvalue weighted by Gasteiger charge is -2.01. The van der Waals surface area contributed by atoms with E-state index in [-0.39, 0.29) is 0 Å². The minimum atomic E-state index is 0.891. The number of aryl methyl sites for hydroxylation is 1. The Morgan fingerprint density at radius 2 is 1.53 bits per heavy atom. The molecular weight excluding hydrogens is 408 g/mol. The summed E-state index contributed by atoms with van der Waals surface area (Å²) in [6.07, 6.45) is 19.1. The van der Waals surface area contributed by atoms with Gasteiger partial charge in [0.15, 0.2) is 0 Å². The maximum absolute atomic E-state index is 5.93. The molecular formula is C27H37ClOS. The smallest absolute Gasteiger partial charge is 0.0400 e. The van der Waals surface area contributed by atoms with Crippen LogP contribution in [0.3, 0.4) is 0 Å². The molecule has 0 radical (unpaired) electrons. The second-order valence-electron chi connectivity index (χ2n) is 6.58. The van der Waals surface area contributed by atoms with Crippen molar-refractivity contribution in [3.8, 4) is 0 Å². The van der Waals surface area contributed by atoms with E-state index in [0.717, 1.165) is 17.9 Å². The first-order chi connectivity index (χ1) is 14.5. The fourth-order valence-corrected chi connectivity index (χ4v) is 3.36. The van der Waals surface area contributed by atoms with Gasteiger partial charge in [-0.1, -0.05) is 96.9 Å². The minimum Gasteiger partial charge on any atom is -0.388 e. The molecule has 1 aromatic carbocycles. The van der Waals surface area contributed by atoms with Gasteiger partial charge in [-0.15, -0.1) is 0 Å². The Balaban J connectivity index is 0.000000486. The number of halogens is 1. The van der Waals surface area contributed by atoms with Gasteiger partial charge in [-0.05, 0) is 63.5 Å². The number of rotatable bonds is 2.